The van der Waals surface area contributed by atoms with Crippen molar-refractivity contribution in [1.29, 1.82) is 0 Å². The minimum Gasteiger partial charge on any atom is -0.304 e. The second kappa shape index (κ2) is 2.67. The molecule has 0 aliphatic carbocycles. The zero-order chi connectivity index (χ0) is 8.55. The lowest BCUT2D eigenvalue weighted by molar-refractivity contribution is 1.16. The van der Waals surface area contributed by atoms with Crippen LogP contribution >= 0.6 is 15.9 Å². The molecular weight excluding hydrogens is 222 g/mol. The average molecular weight is 226 g/mol. The van der Waals surface area contributed by atoms with E-state index in [4.69, 9.17) is 0 Å². The van der Waals surface area contributed by atoms with Crippen molar-refractivity contribution in [2.24, 2.45) is 0 Å². The van der Waals surface area contributed by atoms with E-state index < -0.39 is 0 Å². The maximum atomic E-state index is 10.8. The predicted molar refractivity (Wildman–Crippen MR) is 47.9 cm³/mol. The number of pyridine rings is 1. The number of fused-ring (bicyclic) bond motifs is 1. The van der Waals surface area contributed by atoms with Gasteiger partial charge in [-0.3, -0.25) is 4.79 Å². The molecule has 0 spiro atoms. The van der Waals surface area contributed by atoms with Gasteiger partial charge in [-0.25, -0.2) is 9.97 Å². The lowest BCUT2D eigenvalue weighted by atomic mass is 10.4. The Kier molecular flexibility index (Phi) is 1.65. The molecule has 2 heterocycles. The summed E-state index contributed by atoms with van der Waals surface area (Å²) in [5.41, 5.74) is 0.933. The van der Waals surface area contributed by atoms with Gasteiger partial charge < -0.3 is 4.98 Å². The van der Waals surface area contributed by atoms with Crippen LogP contribution in [0.15, 0.2) is 27.7 Å². The Hall–Kier alpha value is -1.23. The van der Waals surface area contributed by atoms with Gasteiger partial charge in [0.05, 0.1) is 6.20 Å². The summed E-state index contributed by atoms with van der Waals surface area (Å²) in [6, 6.07) is 3.55. The highest BCUT2D eigenvalue weighted by atomic mass is 79.9. The fraction of sp³-hybridized carbons (Fsp3) is 0. The van der Waals surface area contributed by atoms with Crippen LogP contribution in [-0.4, -0.2) is 15.0 Å². The first-order valence-corrected chi connectivity index (χ1v) is 4.06. The van der Waals surface area contributed by atoms with Crippen molar-refractivity contribution in [3.8, 4) is 0 Å². The molecule has 2 rings (SSSR count). The van der Waals surface area contributed by atoms with E-state index >= 15 is 0 Å². The summed E-state index contributed by atoms with van der Waals surface area (Å²) >= 11 is 3.20. The van der Waals surface area contributed by atoms with E-state index in [-0.39, 0.29) is 5.56 Å². The van der Waals surface area contributed by atoms with E-state index in [9.17, 15) is 4.79 Å². The van der Waals surface area contributed by atoms with Gasteiger partial charge in [-0.1, -0.05) is 0 Å². The summed E-state index contributed by atoms with van der Waals surface area (Å²) in [5, 5.41) is 0. The fourth-order valence-corrected chi connectivity index (χ4v) is 1.21. The molecule has 2 aromatic rings. The summed E-state index contributed by atoms with van der Waals surface area (Å²) in [5.74, 6) is 0. The van der Waals surface area contributed by atoms with Gasteiger partial charge in [0, 0.05) is 0 Å². The van der Waals surface area contributed by atoms with Gasteiger partial charge in [0.15, 0.2) is 5.65 Å². The minimum atomic E-state index is -0.242. The minimum absolute atomic E-state index is 0.242. The Morgan fingerprint density at radius 3 is 3.08 bits per heavy atom. The molecule has 0 aromatic carbocycles. The van der Waals surface area contributed by atoms with Crippen LogP contribution in [0.3, 0.4) is 0 Å². The molecule has 0 fully saturated rings. The van der Waals surface area contributed by atoms with Crippen LogP contribution in [0.25, 0.3) is 11.2 Å². The zero-order valence-corrected chi connectivity index (χ0v) is 7.50. The lowest BCUT2D eigenvalue weighted by Crippen LogP contribution is -2.05. The van der Waals surface area contributed by atoms with Crippen molar-refractivity contribution in [2.45, 2.75) is 0 Å². The Morgan fingerprint density at radius 2 is 2.25 bits per heavy atom. The van der Waals surface area contributed by atoms with E-state index in [1.807, 2.05) is 0 Å². The van der Waals surface area contributed by atoms with Crippen LogP contribution in [0.1, 0.15) is 0 Å². The van der Waals surface area contributed by atoms with E-state index in [2.05, 4.69) is 30.9 Å². The number of nitrogens with one attached hydrogen (secondary N) is 1. The van der Waals surface area contributed by atoms with Crippen LogP contribution in [0, 0.1) is 0 Å². The summed E-state index contributed by atoms with van der Waals surface area (Å²) in [6.45, 7) is 0. The molecule has 5 heteroatoms. The standard InChI is InChI=1S/C7H4BrN3O/c8-5-2-1-4-7(10-5)11-6(12)3-9-4/h1-3H,(H,10,11,12). The Labute approximate surface area is 75.8 Å². The van der Waals surface area contributed by atoms with Gasteiger partial charge in [0.25, 0.3) is 5.56 Å². The summed E-state index contributed by atoms with van der Waals surface area (Å²) in [4.78, 5) is 21.3. The Balaban J connectivity index is 2.89. The normalized spacial score (nSPS) is 10.4. The number of aromatic amines is 1. The van der Waals surface area contributed by atoms with Gasteiger partial charge in [-0.15, -0.1) is 0 Å². The van der Waals surface area contributed by atoms with E-state index in [0.717, 1.165) is 0 Å². The Morgan fingerprint density at radius 1 is 1.42 bits per heavy atom. The molecule has 0 aliphatic heterocycles. The van der Waals surface area contributed by atoms with Crippen molar-refractivity contribution < 1.29 is 0 Å². The first-order valence-electron chi connectivity index (χ1n) is 3.27. The molecule has 0 aliphatic rings. The van der Waals surface area contributed by atoms with Gasteiger partial charge in [0.1, 0.15) is 10.1 Å². The highest BCUT2D eigenvalue weighted by Gasteiger charge is 1.96. The third-order valence-electron chi connectivity index (χ3n) is 1.40. The van der Waals surface area contributed by atoms with Gasteiger partial charge >= 0.3 is 0 Å². The van der Waals surface area contributed by atoms with E-state index in [0.29, 0.717) is 15.8 Å². The van der Waals surface area contributed by atoms with Crippen LogP contribution in [-0.2, 0) is 0 Å². The second-order valence-electron chi connectivity index (χ2n) is 2.25. The van der Waals surface area contributed by atoms with Crippen LogP contribution in [0.5, 0.6) is 0 Å². The van der Waals surface area contributed by atoms with E-state index in [1.54, 1.807) is 12.1 Å². The summed E-state index contributed by atoms with van der Waals surface area (Å²) in [6.07, 6.45) is 1.23. The largest absolute Gasteiger partial charge is 0.304 e. The van der Waals surface area contributed by atoms with Crippen LogP contribution in [0.4, 0.5) is 0 Å². The molecule has 60 valence electrons. The number of hydrogen-bond donors (Lipinski definition) is 1. The fourth-order valence-electron chi connectivity index (χ4n) is 0.901. The summed E-state index contributed by atoms with van der Waals surface area (Å²) in [7, 11) is 0. The lowest BCUT2D eigenvalue weighted by Gasteiger charge is -1.94. The molecule has 0 bridgehead atoms. The van der Waals surface area contributed by atoms with Gasteiger partial charge in [-0.05, 0) is 28.1 Å². The third-order valence-corrected chi connectivity index (χ3v) is 1.84. The molecule has 4 nitrogen and oxygen atoms in total. The molecular formula is C7H4BrN3O. The maximum absolute atomic E-state index is 10.8. The number of H-pyrrole nitrogens is 1. The number of aromatic nitrogens is 3. The highest BCUT2D eigenvalue weighted by Crippen LogP contribution is 2.09. The van der Waals surface area contributed by atoms with Crippen molar-refractivity contribution in [3.63, 3.8) is 0 Å². The van der Waals surface area contributed by atoms with Gasteiger partial charge in [0.2, 0.25) is 0 Å². The molecule has 12 heavy (non-hydrogen) atoms. The summed E-state index contributed by atoms with van der Waals surface area (Å²) < 4.78 is 0.679. The molecule has 0 radical (unpaired) electrons. The average Bonchev–Trinajstić information content (AvgIpc) is 2.03. The monoisotopic (exact) mass is 225 g/mol. The number of rotatable bonds is 0. The topological polar surface area (TPSA) is 58.6 Å². The SMILES string of the molecule is O=c1cnc2ccc(Br)nc2[nH]1. The maximum Gasteiger partial charge on any atom is 0.268 e. The van der Waals surface area contributed by atoms with Crippen molar-refractivity contribution >= 4 is 27.1 Å². The van der Waals surface area contributed by atoms with Crippen LogP contribution in [0.2, 0.25) is 0 Å². The van der Waals surface area contributed by atoms with Gasteiger partial charge in [-0.2, -0.15) is 0 Å². The van der Waals surface area contributed by atoms with Crippen molar-refractivity contribution in [3.05, 3.63) is 33.3 Å². The van der Waals surface area contributed by atoms with Crippen molar-refractivity contribution in [2.75, 3.05) is 0 Å². The molecule has 0 atom stereocenters. The molecule has 0 saturated heterocycles. The molecule has 0 unspecified atom stereocenters. The second-order valence-corrected chi connectivity index (χ2v) is 3.06. The number of hydrogen-bond acceptors (Lipinski definition) is 3. The zero-order valence-electron chi connectivity index (χ0n) is 5.91. The molecule has 2 aromatic heterocycles. The number of nitrogens with zero attached hydrogens (tertiary/aromatic N) is 2. The first-order chi connectivity index (χ1) is 5.75. The first kappa shape index (κ1) is 7.42. The van der Waals surface area contributed by atoms with E-state index in [1.165, 1.54) is 6.20 Å². The molecule has 1 N–H and O–H groups in total. The predicted octanol–water partition coefficient (Wildman–Crippen LogP) is 1.08. The van der Waals surface area contributed by atoms with Crippen molar-refractivity contribution in [1.82, 2.24) is 15.0 Å². The highest BCUT2D eigenvalue weighted by molar-refractivity contribution is 9.10. The molecule has 0 amide bonds. The molecule has 0 saturated carbocycles. The third kappa shape index (κ3) is 1.23. The quantitative estimate of drug-likeness (QED) is 0.683. The Bertz CT molecular complexity index is 479. The number of halogens is 1. The van der Waals surface area contributed by atoms with Crippen LogP contribution < -0.4 is 5.56 Å². The smallest absolute Gasteiger partial charge is 0.268 e.